The number of aromatic nitrogens is 1. The molecule has 0 aliphatic heterocycles. The van der Waals surface area contributed by atoms with Crippen LogP contribution in [0.5, 0.6) is 0 Å². The fourth-order valence-electron chi connectivity index (χ4n) is 1.38. The summed E-state index contributed by atoms with van der Waals surface area (Å²) in [6.45, 7) is 4.20. The van der Waals surface area contributed by atoms with E-state index in [1.54, 1.807) is 0 Å². The van der Waals surface area contributed by atoms with E-state index in [9.17, 15) is 0 Å². The van der Waals surface area contributed by atoms with E-state index in [4.69, 9.17) is 0 Å². The third kappa shape index (κ3) is 1.64. The molecule has 0 N–H and O–H groups in total. The monoisotopic (exact) mass is 171 g/mol. The zero-order valence-electron chi connectivity index (χ0n) is 7.99. The summed E-state index contributed by atoms with van der Waals surface area (Å²) < 4.78 is 2.13. The smallest absolute Gasteiger partial charge is 0.0449 e. The Balaban J connectivity index is 2.41. The second-order valence-electron chi connectivity index (χ2n) is 3.43. The summed E-state index contributed by atoms with van der Waals surface area (Å²) in [5.74, 6) is 0. The van der Waals surface area contributed by atoms with Crippen molar-refractivity contribution >= 4 is 0 Å². The number of benzene rings is 1. The third-order valence-electron chi connectivity index (χ3n) is 2.17. The second kappa shape index (κ2) is 3.09. The zero-order chi connectivity index (χ0) is 9.26. The Labute approximate surface area is 78.6 Å². The fraction of sp³-hybridized carbons (Fsp3) is 0.167. The molecule has 1 aromatic heterocycles. The lowest BCUT2D eigenvalue weighted by Crippen LogP contribution is -1.88. The maximum Gasteiger partial charge on any atom is 0.0449 e. The number of hydrogen-bond donors (Lipinski definition) is 0. The molecule has 2 rings (SSSR count). The molecule has 0 unspecified atom stereocenters. The molecule has 2 aromatic rings. The highest BCUT2D eigenvalue weighted by Gasteiger charge is 1.94. The maximum atomic E-state index is 2.13. The van der Waals surface area contributed by atoms with Gasteiger partial charge in [-0.25, -0.2) is 0 Å². The van der Waals surface area contributed by atoms with Gasteiger partial charge in [0.05, 0.1) is 0 Å². The molecule has 1 heteroatoms. The van der Waals surface area contributed by atoms with Crippen LogP contribution in [-0.2, 0) is 0 Å². The Morgan fingerprint density at radius 1 is 0.846 bits per heavy atom. The highest BCUT2D eigenvalue weighted by Crippen LogP contribution is 2.10. The summed E-state index contributed by atoms with van der Waals surface area (Å²) in [6.07, 6.45) is 4.21. The summed E-state index contributed by atoms with van der Waals surface area (Å²) in [5.41, 5.74) is 3.81. The Bertz CT molecular complexity index is 395. The predicted molar refractivity (Wildman–Crippen MR) is 55.2 cm³/mol. The van der Waals surface area contributed by atoms with E-state index in [0.29, 0.717) is 0 Å². The predicted octanol–water partition coefficient (Wildman–Crippen LogP) is 3.09. The van der Waals surface area contributed by atoms with Gasteiger partial charge in [0.2, 0.25) is 0 Å². The lowest BCUT2D eigenvalue weighted by Gasteiger charge is -2.02. The van der Waals surface area contributed by atoms with E-state index < -0.39 is 0 Å². The van der Waals surface area contributed by atoms with Crippen LogP contribution in [0.4, 0.5) is 0 Å². The van der Waals surface area contributed by atoms with Crippen molar-refractivity contribution < 1.29 is 0 Å². The SMILES string of the molecule is Cc1ccc(-n2ccc(C)c2)cc1. The summed E-state index contributed by atoms with van der Waals surface area (Å²) in [5, 5.41) is 0. The van der Waals surface area contributed by atoms with Crippen LogP contribution in [0.15, 0.2) is 42.7 Å². The number of rotatable bonds is 1. The van der Waals surface area contributed by atoms with Crippen LogP contribution >= 0.6 is 0 Å². The van der Waals surface area contributed by atoms with Gasteiger partial charge in [0, 0.05) is 18.1 Å². The molecule has 0 bridgehead atoms. The van der Waals surface area contributed by atoms with Gasteiger partial charge in [-0.3, -0.25) is 0 Å². The van der Waals surface area contributed by atoms with Gasteiger partial charge < -0.3 is 4.57 Å². The van der Waals surface area contributed by atoms with Gasteiger partial charge in [0.15, 0.2) is 0 Å². The first kappa shape index (κ1) is 8.11. The standard InChI is InChI=1S/C12H13N/c1-10-3-5-12(6-4-10)13-8-7-11(2)9-13/h3-9H,1-2H3. The number of nitrogens with zero attached hydrogens (tertiary/aromatic N) is 1. The second-order valence-corrected chi connectivity index (χ2v) is 3.43. The number of hydrogen-bond acceptors (Lipinski definition) is 0. The molecule has 0 saturated heterocycles. The van der Waals surface area contributed by atoms with Crippen LogP contribution in [0.2, 0.25) is 0 Å². The quantitative estimate of drug-likeness (QED) is 0.621. The van der Waals surface area contributed by atoms with Crippen molar-refractivity contribution in [2.24, 2.45) is 0 Å². The van der Waals surface area contributed by atoms with E-state index in [0.717, 1.165) is 0 Å². The molecule has 0 spiro atoms. The van der Waals surface area contributed by atoms with Crippen molar-refractivity contribution in [3.8, 4) is 5.69 Å². The van der Waals surface area contributed by atoms with E-state index in [1.165, 1.54) is 16.8 Å². The Morgan fingerprint density at radius 2 is 1.54 bits per heavy atom. The van der Waals surface area contributed by atoms with Crippen LogP contribution in [-0.4, -0.2) is 4.57 Å². The fourth-order valence-corrected chi connectivity index (χ4v) is 1.38. The van der Waals surface area contributed by atoms with Crippen molar-refractivity contribution in [3.05, 3.63) is 53.9 Å². The average Bonchev–Trinajstić information content (AvgIpc) is 2.53. The molecule has 1 heterocycles. The third-order valence-corrected chi connectivity index (χ3v) is 2.17. The summed E-state index contributed by atoms with van der Waals surface area (Å²) in [6, 6.07) is 10.6. The van der Waals surface area contributed by atoms with Crippen LogP contribution in [0.3, 0.4) is 0 Å². The summed E-state index contributed by atoms with van der Waals surface area (Å²) in [7, 11) is 0. The first-order chi connectivity index (χ1) is 6.25. The van der Waals surface area contributed by atoms with E-state index in [2.05, 4.69) is 61.1 Å². The van der Waals surface area contributed by atoms with E-state index in [-0.39, 0.29) is 0 Å². The molecule has 13 heavy (non-hydrogen) atoms. The van der Waals surface area contributed by atoms with Gasteiger partial charge in [-0.05, 0) is 37.6 Å². The normalized spacial score (nSPS) is 10.3. The molecule has 0 fully saturated rings. The summed E-state index contributed by atoms with van der Waals surface area (Å²) >= 11 is 0. The minimum absolute atomic E-state index is 1.22. The van der Waals surface area contributed by atoms with Crippen LogP contribution in [0.1, 0.15) is 11.1 Å². The molecule has 0 atom stereocenters. The van der Waals surface area contributed by atoms with Crippen LogP contribution < -0.4 is 0 Å². The van der Waals surface area contributed by atoms with Gasteiger partial charge >= 0.3 is 0 Å². The molecular weight excluding hydrogens is 158 g/mol. The molecule has 0 aliphatic rings. The van der Waals surface area contributed by atoms with Gasteiger partial charge in [-0.2, -0.15) is 0 Å². The Hall–Kier alpha value is -1.50. The lowest BCUT2D eigenvalue weighted by atomic mass is 10.2. The highest BCUT2D eigenvalue weighted by atomic mass is 14.9. The molecule has 1 nitrogen and oxygen atoms in total. The van der Waals surface area contributed by atoms with Crippen molar-refractivity contribution in [2.45, 2.75) is 13.8 Å². The minimum atomic E-state index is 1.22. The van der Waals surface area contributed by atoms with Crippen LogP contribution in [0.25, 0.3) is 5.69 Å². The average molecular weight is 171 g/mol. The summed E-state index contributed by atoms with van der Waals surface area (Å²) in [4.78, 5) is 0. The molecule has 0 aliphatic carbocycles. The van der Waals surface area contributed by atoms with Gasteiger partial charge in [0.1, 0.15) is 0 Å². The van der Waals surface area contributed by atoms with Gasteiger partial charge in [0.25, 0.3) is 0 Å². The highest BCUT2D eigenvalue weighted by molar-refractivity contribution is 5.35. The largest absolute Gasteiger partial charge is 0.324 e. The molecule has 0 amide bonds. The minimum Gasteiger partial charge on any atom is -0.324 e. The first-order valence-electron chi connectivity index (χ1n) is 4.47. The molecule has 66 valence electrons. The van der Waals surface area contributed by atoms with E-state index >= 15 is 0 Å². The number of aryl methyl sites for hydroxylation is 2. The Kier molecular flexibility index (Phi) is 1.93. The molecule has 1 aromatic carbocycles. The van der Waals surface area contributed by atoms with Crippen molar-refractivity contribution in [1.29, 1.82) is 0 Å². The Morgan fingerprint density at radius 3 is 2.08 bits per heavy atom. The van der Waals surface area contributed by atoms with Crippen LogP contribution in [0, 0.1) is 13.8 Å². The maximum absolute atomic E-state index is 2.13. The van der Waals surface area contributed by atoms with Gasteiger partial charge in [-0.15, -0.1) is 0 Å². The topological polar surface area (TPSA) is 4.93 Å². The molecule has 0 saturated carbocycles. The lowest BCUT2D eigenvalue weighted by molar-refractivity contribution is 1.07. The van der Waals surface area contributed by atoms with Crippen molar-refractivity contribution in [1.82, 2.24) is 4.57 Å². The zero-order valence-corrected chi connectivity index (χ0v) is 7.99. The van der Waals surface area contributed by atoms with E-state index in [1.807, 2.05) is 0 Å². The molecular formula is C12H13N. The van der Waals surface area contributed by atoms with Gasteiger partial charge in [-0.1, -0.05) is 17.7 Å². The van der Waals surface area contributed by atoms with Crippen molar-refractivity contribution in [2.75, 3.05) is 0 Å². The molecule has 0 radical (unpaired) electrons. The first-order valence-corrected chi connectivity index (χ1v) is 4.47. The van der Waals surface area contributed by atoms with Crippen molar-refractivity contribution in [3.63, 3.8) is 0 Å².